The van der Waals surface area contributed by atoms with Gasteiger partial charge in [-0.2, -0.15) is 0 Å². The lowest BCUT2D eigenvalue weighted by Crippen LogP contribution is -2.58. The van der Waals surface area contributed by atoms with Crippen LogP contribution in [0, 0.1) is 0 Å². The van der Waals surface area contributed by atoms with Crippen molar-refractivity contribution < 1.29 is 19.1 Å². The molecule has 0 bridgehead atoms. The summed E-state index contributed by atoms with van der Waals surface area (Å²) in [5.41, 5.74) is 2.14. The Morgan fingerprint density at radius 2 is 1.93 bits per heavy atom. The van der Waals surface area contributed by atoms with Gasteiger partial charge in [0.25, 0.3) is 0 Å². The number of aryl methyl sites for hydroxylation is 1. The molecular formula is C23H25NO4S. The molecule has 2 aromatic rings. The molecule has 0 radical (unpaired) electrons. The van der Waals surface area contributed by atoms with Crippen LogP contribution in [0.4, 0.5) is 0 Å². The van der Waals surface area contributed by atoms with Crippen LogP contribution in [0.3, 0.4) is 0 Å². The largest absolute Gasteiger partial charge is 0.467 e. The van der Waals surface area contributed by atoms with Crippen molar-refractivity contribution in [2.45, 2.75) is 30.2 Å². The van der Waals surface area contributed by atoms with E-state index in [-0.39, 0.29) is 17.8 Å². The molecule has 2 aliphatic heterocycles. The van der Waals surface area contributed by atoms with E-state index in [2.05, 4.69) is 6.07 Å². The maximum atomic E-state index is 13.9. The van der Waals surface area contributed by atoms with Gasteiger partial charge in [0.15, 0.2) is 5.54 Å². The number of amides is 1. The van der Waals surface area contributed by atoms with E-state index in [1.165, 1.54) is 12.7 Å². The standard InChI is InChI=1S/C23H25NO4S/c1-27-22(26)23(12-13-28-16-23)24(15-17-7-3-2-4-8-17)21(25)20-19-10-6-5-9-18(19)11-14-29-20/h2-10,20H,11-16H2,1H3/t20-,23-/m1/s1. The lowest BCUT2D eigenvalue weighted by molar-refractivity contribution is -0.163. The Morgan fingerprint density at radius 1 is 1.17 bits per heavy atom. The van der Waals surface area contributed by atoms with E-state index in [9.17, 15) is 9.59 Å². The highest BCUT2D eigenvalue weighted by atomic mass is 32.2. The number of hydrogen-bond acceptors (Lipinski definition) is 5. The highest BCUT2D eigenvalue weighted by Crippen LogP contribution is 2.41. The van der Waals surface area contributed by atoms with Gasteiger partial charge in [0.1, 0.15) is 5.25 Å². The molecule has 2 heterocycles. The second-order valence-corrected chi connectivity index (χ2v) is 8.65. The topological polar surface area (TPSA) is 55.8 Å². The van der Waals surface area contributed by atoms with Crippen LogP contribution in [0.5, 0.6) is 0 Å². The number of esters is 1. The molecule has 2 atom stereocenters. The minimum absolute atomic E-state index is 0.0538. The van der Waals surface area contributed by atoms with Crippen LogP contribution in [-0.4, -0.2) is 48.4 Å². The monoisotopic (exact) mass is 411 g/mol. The fourth-order valence-corrected chi connectivity index (χ4v) is 5.43. The summed E-state index contributed by atoms with van der Waals surface area (Å²) in [6.07, 6.45) is 1.39. The predicted octanol–water partition coefficient (Wildman–Crippen LogP) is 3.38. The van der Waals surface area contributed by atoms with Crippen molar-refractivity contribution in [1.82, 2.24) is 4.90 Å². The minimum Gasteiger partial charge on any atom is -0.467 e. The Kier molecular flexibility index (Phi) is 5.92. The number of ether oxygens (including phenoxy) is 2. The van der Waals surface area contributed by atoms with Crippen LogP contribution in [0.15, 0.2) is 54.6 Å². The smallest absolute Gasteiger partial charge is 0.334 e. The predicted molar refractivity (Wildman–Crippen MR) is 113 cm³/mol. The normalized spacial score (nSPS) is 23.3. The van der Waals surface area contributed by atoms with Crippen LogP contribution in [0.1, 0.15) is 28.4 Å². The highest BCUT2D eigenvalue weighted by Gasteiger charge is 2.52. The molecule has 29 heavy (non-hydrogen) atoms. The molecule has 2 aliphatic rings. The summed E-state index contributed by atoms with van der Waals surface area (Å²) in [5.74, 6) is 0.421. The van der Waals surface area contributed by atoms with Gasteiger partial charge in [-0.05, 0) is 28.9 Å². The Morgan fingerprint density at radius 3 is 2.66 bits per heavy atom. The van der Waals surface area contributed by atoms with Crippen molar-refractivity contribution in [3.8, 4) is 0 Å². The van der Waals surface area contributed by atoms with Gasteiger partial charge in [0.2, 0.25) is 5.91 Å². The summed E-state index contributed by atoms with van der Waals surface area (Å²) in [4.78, 5) is 28.5. The van der Waals surface area contributed by atoms with E-state index >= 15 is 0 Å². The number of rotatable bonds is 5. The zero-order chi connectivity index (χ0) is 20.3. The van der Waals surface area contributed by atoms with Crippen molar-refractivity contribution in [1.29, 1.82) is 0 Å². The highest BCUT2D eigenvalue weighted by molar-refractivity contribution is 8.00. The van der Waals surface area contributed by atoms with Crippen LogP contribution in [0.25, 0.3) is 0 Å². The fourth-order valence-electron chi connectivity index (χ4n) is 4.17. The molecule has 0 saturated carbocycles. The quantitative estimate of drug-likeness (QED) is 0.706. The molecule has 0 unspecified atom stereocenters. The molecule has 0 aromatic heterocycles. The van der Waals surface area contributed by atoms with Crippen molar-refractivity contribution in [3.05, 3.63) is 71.3 Å². The van der Waals surface area contributed by atoms with Gasteiger partial charge in [-0.1, -0.05) is 54.6 Å². The van der Waals surface area contributed by atoms with Gasteiger partial charge >= 0.3 is 5.97 Å². The Labute approximate surface area is 175 Å². The van der Waals surface area contributed by atoms with E-state index in [0.717, 1.165) is 23.3 Å². The fraction of sp³-hybridized carbons (Fsp3) is 0.391. The van der Waals surface area contributed by atoms with Crippen molar-refractivity contribution in [2.75, 3.05) is 26.1 Å². The molecule has 152 valence electrons. The molecule has 5 nitrogen and oxygen atoms in total. The number of fused-ring (bicyclic) bond motifs is 1. The first-order valence-electron chi connectivity index (χ1n) is 9.87. The second kappa shape index (κ2) is 8.59. The number of methoxy groups -OCH3 is 1. The first-order valence-corrected chi connectivity index (χ1v) is 10.9. The van der Waals surface area contributed by atoms with E-state index < -0.39 is 11.5 Å². The number of hydrogen-bond donors (Lipinski definition) is 0. The summed E-state index contributed by atoms with van der Waals surface area (Å²) in [5, 5.41) is -0.328. The van der Waals surface area contributed by atoms with Crippen LogP contribution in [0.2, 0.25) is 0 Å². The third-order valence-electron chi connectivity index (χ3n) is 5.75. The van der Waals surface area contributed by atoms with E-state index in [0.29, 0.717) is 19.6 Å². The number of nitrogens with zero attached hydrogens (tertiary/aromatic N) is 1. The molecular weight excluding hydrogens is 386 g/mol. The summed E-state index contributed by atoms with van der Waals surface area (Å²) in [6.45, 7) is 0.941. The lowest BCUT2D eigenvalue weighted by Gasteiger charge is -2.40. The molecule has 0 N–H and O–H groups in total. The molecule has 0 spiro atoms. The Hall–Kier alpha value is -2.31. The summed E-state index contributed by atoms with van der Waals surface area (Å²) < 4.78 is 10.8. The molecule has 1 saturated heterocycles. The van der Waals surface area contributed by atoms with E-state index in [1.54, 1.807) is 16.7 Å². The molecule has 2 aromatic carbocycles. The van der Waals surface area contributed by atoms with Crippen molar-refractivity contribution in [3.63, 3.8) is 0 Å². The van der Waals surface area contributed by atoms with Gasteiger partial charge in [0, 0.05) is 19.6 Å². The number of carbonyl (C=O) groups excluding carboxylic acids is 2. The molecule has 1 amide bonds. The van der Waals surface area contributed by atoms with Crippen molar-refractivity contribution >= 4 is 23.6 Å². The number of thioether (sulfide) groups is 1. The molecule has 4 rings (SSSR count). The van der Waals surface area contributed by atoms with Gasteiger partial charge in [-0.25, -0.2) is 4.79 Å². The van der Waals surface area contributed by atoms with Gasteiger partial charge in [-0.15, -0.1) is 11.8 Å². The number of carbonyl (C=O) groups is 2. The Bertz CT molecular complexity index is 879. The Balaban J connectivity index is 1.74. The average molecular weight is 412 g/mol. The maximum Gasteiger partial charge on any atom is 0.334 e. The lowest BCUT2D eigenvalue weighted by atomic mass is 9.93. The van der Waals surface area contributed by atoms with Gasteiger partial charge in [0.05, 0.1) is 13.7 Å². The molecule has 0 aliphatic carbocycles. The van der Waals surface area contributed by atoms with E-state index in [1.807, 2.05) is 48.5 Å². The second-order valence-electron chi connectivity index (χ2n) is 7.44. The summed E-state index contributed by atoms with van der Waals surface area (Å²) in [6, 6.07) is 17.9. The molecule has 6 heteroatoms. The van der Waals surface area contributed by atoms with Crippen LogP contribution >= 0.6 is 11.8 Å². The van der Waals surface area contributed by atoms with Crippen molar-refractivity contribution in [2.24, 2.45) is 0 Å². The zero-order valence-corrected chi connectivity index (χ0v) is 17.3. The van der Waals surface area contributed by atoms with Gasteiger partial charge < -0.3 is 14.4 Å². The van der Waals surface area contributed by atoms with Crippen LogP contribution < -0.4 is 0 Å². The summed E-state index contributed by atoms with van der Waals surface area (Å²) in [7, 11) is 1.37. The van der Waals surface area contributed by atoms with Gasteiger partial charge in [-0.3, -0.25) is 4.79 Å². The first kappa shape index (κ1) is 20.0. The minimum atomic E-state index is -1.09. The maximum absolute atomic E-state index is 13.9. The SMILES string of the molecule is COC(=O)[C@@]1(N(Cc2ccccc2)C(=O)[C@@H]2SCCc3ccccc32)CCOC1. The van der Waals surface area contributed by atoms with E-state index in [4.69, 9.17) is 9.47 Å². The zero-order valence-electron chi connectivity index (χ0n) is 16.5. The third-order valence-corrected chi connectivity index (χ3v) is 6.98. The molecule has 1 fully saturated rings. The number of benzene rings is 2. The average Bonchev–Trinajstić information content (AvgIpc) is 3.27. The van der Waals surface area contributed by atoms with Crippen LogP contribution in [-0.2, 0) is 32.0 Å². The first-order chi connectivity index (χ1) is 14.2. The summed E-state index contributed by atoms with van der Waals surface area (Å²) >= 11 is 1.65. The third kappa shape index (κ3) is 3.79.